The van der Waals surface area contributed by atoms with Crippen molar-refractivity contribution < 1.29 is 18.3 Å². The zero-order valence-electron chi connectivity index (χ0n) is 13.0. The fourth-order valence-electron chi connectivity index (χ4n) is 4.04. The highest BCUT2D eigenvalue weighted by molar-refractivity contribution is 7.91. The van der Waals surface area contributed by atoms with E-state index in [-0.39, 0.29) is 30.1 Å². The first-order chi connectivity index (χ1) is 9.80. The minimum atomic E-state index is -2.99. The van der Waals surface area contributed by atoms with Crippen molar-refractivity contribution in [2.45, 2.75) is 58.0 Å². The predicted octanol–water partition coefficient (Wildman–Crippen LogP) is 1.77. The maximum atomic E-state index is 11.8. The van der Waals surface area contributed by atoms with Crippen LogP contribution in [-0.4, -0.2) is 54.5 Å². The van der Waals surface area contributed by atoms with E-state index in [2.05, 4.69) is 13.8 Å². The molecular weight excluding hydrogens is 290 g/mol. The van der Waals surface area contributed by atoms with Crippen LogP contribution >= 0.6 is 0 Å². The number of carboxylic acid groups (broad SMARTS) is 1. The third-order valence-corrected chi connectivity index (χ3v) is 6.81. The fourth-order valence-corrected chi connectivity index (χ4v) is 5.78. The summed E-state index contributed by atoms with van der Waals surface area (Å²) >= 11 is 0. The monoisotopic (exact) mass is 317 g/mol. The van der Waals surface area contributed by atoms with Crippen LogP contribution in [0.25, 0.3) is 0 Å². The standard InChI is InChI=1S/C15H27NO4S/c1-11(2)13-5-3-4-6-14(13)16(9-15(17)18)12-7-8-21(19,20)10-12/h11-14H,3-10H2,1-2H3,(H,17,18). The summed E-state index contributed by atoms with van der Waals surface area (Å²) < 4.78 is 23.5. The normalized spacial score (nSPS) is 32.7. The Morgan fingerprint density at radius 2 is 1.90 bits per heavy atom. The van der Waals surface area contributed by atoms with E-state index in [0.29, 0.717) is 18.3 Å². The molecule has 1 saturated heterocycles. The van der Waals surface area contributed by atoms with Gasteiger partial charge in [-0.05, 0) is 31.1 Å². The Kier molecular flexibility index (Phi) is 5.30. The van der Waals surface area contributed by atoms with Crippen LogP contribution in [0.3, 0.4) is 0 Å². The average molecular weight is 317 g/mol. The van der Waals surface area contributed by atoms with E-state index >= 15 is 0 Å². The lowest BCUT2D eigenvalue weighted by Gasteiger charge is -2.43. The van der Waals surface area contributed by atoms with Crippen LogP contribution in [0, 0.1) is 11.8 Å². The van der Waals surface area contributed by atoms with Crippen molar-refractivity contribution >= 4 is 15.8 Å². The average Bonchev–Trinajstić information content (AvgIpc) is 2.76. The molecule has 0 amide bonds. The molecule has 0 radical (unpaired) electrons. The second kappa shape index (κ2) is 6.65. The molecule has 3 atom stereocenters. The van der Waals surface area contributed by atoms with E-state index in [1.54, 1.807) is 0 Å². The lowest BCUT2D eigenvalue weighted by atomic mass is 9.76. The molecule has 0 spiro atoms. The van der Waals surface area contributed by atoms with Crippen molar-refractivity contribution in [2.24, 2.45) is 11.8 Å². The molecule has 0 aromatic rings. The number of carbonyl (C=O) groups is 1. The molecule has 1 N–H and O–H groups in total. The Balaban J connectivity index is 2.20. The van der Waals surface area contributed by atoms with Gasteiger partial charge in [0.1, 0.15) is 0 Å². The lowest BCUT2D eigenvalue weighted by Crippen LogP contribution is -2.51. The molecule has 2 aliphatic rings. The van der Waals surface area contributed by atoms with Gasteiger partial charge in [-0.15, -0.1) is 0 Å². The number of aliphatic carboxylic acids is 1. The van der Waals surface area contributed by atoms with E-state index in [9.17, 15) is 18.3 Å². The first-order valence-electron chi connectivity index (χ1n) is 7.98. The quantitative estimate of drug-likeness (QED) is 0.836. The topological polar surface area (TPSA) is 74.7 Å². The van der Waals surface area contributed by atoms with Crippen molar-refractivity contribution in [1.29, 1.82) is 0 Å². The maximum absolute atomic E-state index is 11.8. The van der Waals surface area contributed by atoms with Crippen LogP contribution in [0.15, 0.2) is 0 Å². The van der Waals surface area contributed by atoms with E-state index < -0.39 is 15.8 Å². The van der Waals surface area contributed by atoms with Crippen LogP contribution < -0.4 is 0 Å². The van der Waals surface area contributed by atoms with Gasteiger partial charge in [-0.2, -0.15) is 0 Å². The number of sulfone groups is 1. The highest BCUT2D eigenvalue weighted by atomic mass is 32.2. The van der Waals surface area contributed by atoms with E-state index in [1.165, 1.54) is 6.42 Å². The summed E-state index contributed by atoms with van der Waals surface area (Å²) in [5.41, 5.74) is 0. The summed E-state index contributed by atoms with van der Waals surface area (Å²) in [7, 11) is -2.99. The van der Waals surface area contributed by atoms with E-state index in [1.807, 2.05) is 4.90 Å². The maximum Gasteiger partial charge on any atom is 0.317 e. The van der Waals surface area contributed by atoms with Crippen molar-refractivity contribution in [3.63, 3.8) is 0 Å². The molecule has 3 unspecified atom stereocenters. The van der Waals surface area contributed by atoms with Gasteiger partial charge in [0.2, 0.25) is 0 Å². The Bertz CT molecular complexity index is 474. The van der Waals surface area contributed by atoms with Crippen molar-refractivity contribution in [2.75, 3.05) is 18.1 Å². The Morgan fingerprint density at radius 1 is 1.24 bits per heavy atom. The Hall–Kier alpha value is -0.620. The van der Waals surface area contributed by atoms with Gasteiger partial charge in [0, 0.05) is 12.1 Å². The molecule has 122 valence electrons. The minimum absolute atomic E-state index is 0.0337. The Morgan fingerprint density at radius 3 is 2.43 bits per heavy atom. The highest BCUT2D eigenvalue weighted by Crippen LogP contribution is 2.35. The molecule has 1 saturated carbocycles. The predicted molar refractivity (Wildman–Crippen MR) is 82.0 cm³/mol. The third kappa shape index (κ3) is 4.19. The van der Waals surface area contributed by atoms with Crippen LogP contribution in [0.1, 0.15) is 46.0 Å². The van der Waals surface area contributed by atoms with Crippen LogP contribution in [0.2, 0.25) is 0 Å². The molecule has 1 heterocycles. The molecule has 0 bridgehead atoms. The van der Waals surface area contributed by atoms with Crippen LogP contribution in [-0.2, 0) is 14.6 Å². The highest BCUT2D eigenvalue weighted by Gasteiger charge is 2.40. The number of rotatable bonds is 5. The SMILES string of the molecule is CC(C)C1CCCCC1N(CC(=O)O)C1CCS(=O)(=O)C1. The van der Waals surface area contributed by atoms with Gasteiger partial charge in [0.15, 0.2) is 9.84 Å². The lowest BCUT2D eigenvalue weighted by molar-refractivity contribution is -0.140. The minimum Gasteiger partial charge on any atom is -0.480 e. The van der Waals surface area contributed by atoms with Gasteiger partial charge in [0.25, 0.3) is 0 Å². The molecule has 0 aromatic carbocycles. The van der Waals surface area contributed by atoms with Gasteiger partial charge in [-0.25, -0.2) is 8.42 Å². The van der Waals surface area contributed by atoms with E-state index in [0.717, 1.165) is 19.3 Å². The largest absolute Gasteiger partial charge is 0.480 e. The van der Waals surface area contributed by atoms with Crippen LogP contribution in [0.4, 0.5) is 0 Å². The molecule has 5 nitrogen and oxygen atoms in total. The van der Waals surface area contributed by atoms with Crippen molar-refractivity contribution in [1.82, 2.24) is 4.90 Å². The number of carboxylic acids is 1. The summed E-state index contributed by atoms with van der Waals surface area (Å²) in [5.74, 6) is 0.451. The van der Waals surface area contributed by atoms with Crippen molar-refractivity contribution in [3.05, 3.63) is 0 Å². The zero-order valence-corrected chi connectivity index (χ0v) is 13.8. The zero-order chi connectivity index (χ0) is 15.6. The Labute approximate surface area is 127 Å². The third-order valence-electron chi connectivity index (χ3n) is 5.06. The summed E-state index contributed by atoms with van der Waals surface area (Å²) in [6.07, 6.45) is 5.01. The van der Waals surface area contributed by atoms with Gasteiger partial charge < -0.3 is 5.11 Å². The first-order valence-corrected chi connectivity index (χ1v) is 9.80. The fraction of sp³-hybridized carbons (Fsp3) is 0.933. The van der Waals surface area contributed by atoms with Crippen LogP contribution in [0.5, 0.6) is 0 Å². The number of nitrogens with zero attached hydrogens (tertiary/aromatic N) is 1. The second-order valence-electron chi connectivity index (χ2n) is 6.88. The molecule has 1 aliphatic heterocycles. The molecule has 0 aromatic heterocycles. The van der Waals surface area contributed by atoms with Crippen molar-refractivity contribution in [3.8, 4) is 0 Å². The molecule has 21 heavy (non-hydrogen) atoms. The smallest absolute Gasteiger partial charge is 0.317 e. The summed E-state index contributed by atoms with van der Waals surface area (Å²) in [5, 5.41) is 9.24. The molecule has 6 heteroatoms. The molecular formula is C15H27NO4S. The summed E-state index contributed by atoms with van der Waals surface area (Å²) in [6, 6.07) is 0.101. The van der Waals surface area contributed by atoms with Gasteiger partial charge >= 0.3 is 5.97 Å². The van der Waals surface area contributed by atoms with Gasteiger partial charge in [-0.3, -0.25) is 9.69 Å². The van der Waals surface area contributed by atoms with Gasteiger partial charge in [-0.1, -0.05) is 26.7 Å². The van der Waals surface area contributed by atoms with E-state index in [4.69, 9.17) is 0 Å². The summed E-state index contributed by atoms with van der Waals surface area (Å²) in [4.78, 5) is 13.3. The number of hydrogen-bond donors (Lipinski definition) is 1. The summed E-state index contributed by atoms with van der Waals surface area (Å²) in [6.45, 7) is 4.34. The molecule has 2 fully saturated rings. The molecule has 1 aliphatic carbocycles. The number of hydrogen-bond acceptors (Lipinski definition) is 4. The van der Waals surface area contributed by atoms with Gasteiger partial charge in [0.05, 0.1) is 18.1 Å². The molecule has 2 rings (SSSR count). The first kappa shape index (κ1) is 16.7. The second-order valence-corrected chi connectivity index (χ2v) is 9.11.